The molecule has 0 atom stereocenters. The summed E-state index contributed by atoms with van der Waals surface area (Å²) in [5.41, 5.74) is 9.39. The zero-order valence-electron chi connectivity index (χ0n) is 13.1. The molecule has 0 fully saturated rings. The number of hydrogen-bond donors (Lipinski definition) is 2. The number of ether oxygens (including phenoxy) is 1. The predicted molar refractivity (Wildman–Crippen MR) is 93.2 cm³/mol. The van der Waals surface area contributed by atoms with E-state index in [1.807, 2.05) is 6.92 Å². The molecule has 2 aromatic carbocycles. The highest BCUT2D eigenvalue weighted by Crippen LogP contribution is 2.28. The minimum absolute atomic E-state index is 0.222. The zero-order valence-corrected chi connectivity index (χ0v) is 14.0. The van der Waals surface area contributed by atoms with E-state index < -0.39 is 0 Å². The summed E-state index contributed by atoms with van der Waals surface area (Å²) in [7, 11) is 1.59. The molecule has 0 saturated heterocycles. The number of rotatable bonds is 4. The van der Waals surface area contributed by atoms with Gasteiger partial charge in [0.25, 0.3) is 5.91 Å². The Hall–Kier alpha value is -2.60. The number of nitrogens with zero attached hydrogens (tertiary/aromatic N) is 1. The second-order valence-corrected chi connectivity index (χ2v) is 6.29. The fraction of sp³-hybridized carbons (Fsp3) is 0.176. The molecule has 1 amide bonds. The number of fused-ring (bicyclic) bond motifs is 1. The molecule has 1 heterocycles. The van der Waals surface area contributed by atoms with Crippen molar-refractivity contribution in [1.82, 2.24) is 10.4 Å². The maximum Gasteiger partial charge on any atom is 0.269 e. The lowest BCUT2D eigenvalue weighted by Gasteiger charge is -2.06. The van der Waals surface area contributed by atoms with Crippen molar-refractivity contribution in [2.45, 2.75) is 13.8 Å². The first-order valence-electron chi connectivity index (χ1n) is 7.15. The van der Waals surface area contributed by atoms with Gasteiger partial charge in [0.2, 0.25) is 5.13 Å². The zero-order chi connectivity index (χ0) is 16.4. The molecule has 0 saturated carbocycles. The second kappa shape index (κ2) is 6.26. The summed E-state index contributed by atoms with van der Waals surface area (Å²) in [5.74, 6) is 0.492. The maximum absolute atomic E-state index is 12.1. The summed E-state index contributed by atoms with van der Waals surface area (Å²) in [6.45, 7) is 4.10. The van der Waals surface area contributed by atoms with E-state index in [-0.39, 0.29) is 5.91 Å². The third kappa shape index (κ3) is 3.27. The Kier molecular flexibility index (Phi) is 4.16. The van der Waals surface area contributed by atoms with Crippen LogP contribution in [-0.4, -0.2) is 18.0 Å². The molecular weight excluding hydrogens is 310 g/mol. The lowest BCUT2D eigenvalue weighted by Crippen LogP contribution is -2.29. The molecule has 0 aliphatic carbocycles. The Morgan fingerprint density at radius 2 is 1.91 bits per heavy atom. The van der Waals surface area contributed by atoms with E-state index in [0.717, 1.165) is 15.8 Å². The molecule has 2 N–H and O–H groups in total. The minimum atomic E-state index is -0.222. The third-order valence-electron chi connectivity index (χ3n) is 3.47. The summed E-state index contributed by atoms with van der Waals surface area (Å²) in [4.78, 5) is 16.6. The van der Waals surface area contributed by atoms with Crippen molar-refractivity contribution >= 4 is 32.6 Å². The van der Waals surface area contributed by atoms with E-state index in [1.54, 1.807) is 31.4 Å². The molecule has 5 nitrogen and oxygen atoms in total. The number of aryl methyl sites for hydroxylation is 2. The van der Waals surface area contributed by atoms with Gasteiger partial charge in [0, 0.05) is 5.56 Å². The lowest BCUT2D eigenvalue weighted by molar-refractivity contribution is 0.0962. The summed E-state index contributed by atoms with van der Waals surface area (Å²) >= 11 is 1.51. The number of thiazole rings is 1. The largest absolute Gasteiger partial charge is 0.497 e. The standard InChI is InChI=1S/C17H17N3O2S/c1-10-8-11(2)15-14(9-10)23-17(18-15)20-19-16(21)12-4-6-13(22-3)7-5-12/h4-9H,1-3H3,(H,18,20)(H,19,21). The highest BCUT2D eigenvalue weighted by Gasteiger charge is 2.09. The van der Waals surface area contributed by atoms with E-state index in [0.29, 0.717) is 16.4 Å². The van der Waals surface area contributed by atoms with Gasteiger partial charge >= 0.3 is 0 Å². The summed E-state index contributed by atoms with van der Waals surface area (Å²) in [6, 6.07) is 11.1. The van der Waals surface area contributed by atoms with Crippen LogP contribution >= 0.6 is 11.3 Å². The monoisotopic (exact) mass is 327 g/mol. The van der Waals surface area contributed by atoms with Crippen molar-refractivity contribution in [3.8, 4) is 5.75 Å². The fourth-order valence-corrected chi connectivity index (χ4v) is 3.34. The Labute approximate surface area is 138 Å². The van der Waals surface area contributed by atoms with Crippen LogP contribution in [0.15, 0.2) is 36.4 Å². The van der Waals surface area contributed by atoms with Gasteiger partial charge in [0.1, 0.15) is 5.75 Å². The van der Waals surface area contributed by atoms with Crippen molar-refractivity contribution in [2.24, 2.45) is 0 Å². The number of hydrogen-bond acceptors (Lipinski definition) is 5. The highest BCUT2D eigenvalue weighted by molar-refractivity contribution is 7.22. The first kappa shape index (κ1) is 15.3. The summed E-state index contributed by atoms with van der Waals surface area (Å²) < 4.78 is 6.18. The molecule has 1 aromatic heterocycles. The first-order chi connectivity index (χ1) is 11.1. The second-order valence-electron chi connectivity index (χ2n) is 5.26. The number of amides is 1. The van der Waals surface area contributed by atoms with Gasteiger partial charge in [-0.15, -0.1) is 0 Å². The Bertz CT molecular complexity index is 856. The molecule has 23 heavy (non-hydrogen) atoms. The normalized spacial score (nSPS) is 10.6. The van der Waals surface area contributed by atoms with Crippen LogP contribution in [0, 0.1) is 13.8 Å². The molecule has 0 unspecified atom stereocenters. The van der Waals surface area contributed by atoms with Crippen LogP contribution in [0.4, 0.5) is 5.13 Å². The minimum Gasteiger partial charge on any atom is -0.497 e. The number of aromatic nitrogens is 1. The van der Waals surface area contributed by atoms with Crippen LogP contribution in [0.3, 0.4) is 0 Å². The molecule has 0 spiro atoms. The van der Waals surface area contributed by atoms with Gasteiger partial charge in [0.05, 0.1) is 17.3 Å². The third-order valence-corrected chi connectivity index (χ3v) is 4.38. The van der Waals surface area contributed by atoms with Crippen LogP contribution in [0.2, 0.25) is 0 Å². The van der Waals surface area contributed by atoms with E-state index in [9.17, 15) is 4.79 Å². The number of carbonyl (C=O) groups excluding carboxylic acids is 1. The average Bonchev–Trinajstić information content (AvgIpc) is 2.96. The molecule has 118 valence electrons. The van der Waals surface area contributed by atoms with Crippen LogP contribution in [0.1, 0.15) is 21.5 Å². The molecule has 3 aromatic rings. The van der Waals surface area contributed by atoms with Crippen LogP contribution in [-0.2, 0) is 0 Å². The van der Waals surface area contributed by atoms with Crippen LogP contribution in [0.5, 0.6) is 5.75 Å². The molecule has 0 radical (unpaired) electrons. The summed E-state index contributed by atoms with van der Waals surface area (Å²) in [5, 5.41) is 0.663. The van der Waals surface area contributed by atoms with Gasteiger partial charge in [-0.3, -0.25) is 15.6 Å². The lowest BCUT2D eigenvalue weighted by atomic mass is 10.1. The number of benzene rings is 2. The van der Waals surface area contributed by atoms with Crippen LogP contribution in [0.25, 0.3) is 10.2 Å². The van der Waals surface area contributed by atoms with Crippen molar-refractivity contribution < 1.29 is 9.53 Å². The number of hydrazine groups is 1. The smallest absolute Gasteiger partial charge is 0.269 e. The Morgan fingerprint density at radius 3 is 2.61 bits per heavy atom. The Balaban J connectivity index is 1.72. The number of anilines is 1. The van der Waals surface area contributed by atoms with Gasteiger partial charge in [-0.2, -0.15) is 0 Å². The van der Waals surface area contributed by atoms with Gasteiger partial charge in [-0.1, -0.05) is 17.4 Å². The van der Waals surface area contributed by atoms with Gasteiger partial charge in [-0.25, -0.2) is 4.98 Å². The van der Waals surface area contributed by atoms with Crippen molar-refractivity contribution in [3.05, 3.63) is 53.1 Å². The molecule has 6 heteroatoms. The molecule has 0 aliphatic heterocycles. The first-order valence-corrected chi connectivity index (χ1v) is 7.96. The Morgan fingerprint density at radius 1 is 1.17 bits per heavy atom. The average molecular weight is 327 g/mol. The molecule has 0 bridgehead atoms. The predicted octanol–water partition coefficient (Wildman–Crippen LogP) is 3.68. The van der Waals surface area contributed by atoms with Gasteiger partial charge in [-0.05, 0) is 55.3 Å². The van der Waals surface area contributed by atoms with Gasteiger partial charge < -0.3 is 4.74 Å². The van der Waals surface area contributed by atoms with E-state index in [4.69, 9.17) is 4.74 Å². The number of carbonyl (C=O) groups is 1. The number of methoxy groups -OCH3 is 1. The summed E-state index contributed by atoms with van der Waals surface area (Å²) in [6.07, 6.45) is 0. The molecule has 3 rings (SSSR count). The number of nitrogens with one attached hydrogen (secondary N) is 2. The van der Waals surface area contributed by atoms with Crippen LogP contribution < -0.4 is 15.6 Å². The maximum atomic E-state index is 12.1. The van der Waals surface area contributed by atoms with Crippen molar-refractivity contribution in [2.75, 3.05) is 12.5 Å². The van der Waals surface area contributed by atoms with E-state index in [2.05, 4.69) is 34.9 Å². The topological polar surface area (TPSA) is 63.2 Å². The van der Waals surface area contributed by atoms with E-state index >= 15 is 0 Å². The molecular formula is C17H17N3O2S. The van der Waals surface area contributed by atoms with Crippen molar-refractivity contribution in [3.63, 3.8) is 0 Å². The quantitative estimate of drug-likeness (QED) is 0.718. The SMILES string of the molecule is COc1ccc(C(=O)NNc2nc3c(C)cc(C)cc3s2)cc1. The highest BCUT2D eigenvalue weighted by atomic mass is 32.1. The van der Waals surface area contributed by atoms with Crippen molar-refractivity contribution in [1.29, 1.82) is 0 Å². The fourth-order valence-electron chi connectivity index (χ4n) is 2.35. The molecule has 0 aliphatic rings. The van der Waals surface area contributed by atoms with Gasteiger partial charge in [0.15, 0.2) is 0 Å². The van der Waals surface area contributed by atoms with E-state index in [1.165, 1.54) is 16.9 Å².